The molecule has 0 heterocycles. The van der Waals surface area contributed by atoms with Crippen molar-refractivity contribution in [2.45, 2.75) is 13.2 Å². The lowest BCUT2D eigenvalue weighted by Gasteiger charge is -2.11. The van der Waals surface area contributed by atoms with Crippen LogP contribution in [-0.4, -0.2) is 19.6 Å². The molecule has 0 saturated heterocycles. The molecule has 5 nitrogen and oxygen atoms in total. The van der Waals surface area contributed by atoms with E-state index < -0.39 is 24.1 Å². The zero-order valence-corrected chi connectivity index (χ0v) is 13.1. The Balaban J connectivity index is 2.10. The number of alkyl halides is 2. The first-order valence-corrected chi connectivity index (χ1v) is 7.04. The molecular formula is C17H13F3N2O3. The molecule has 130 valence electrons. The molecule has 0 aliphatic carbocycles. The van der Waals surface area contributed by atoms with Crippen LogP contribution >= 0.6 is 0 Å². The fourth-order valence-corrected chi connectivity index (χ4v) is 2.10. The van der Waals surface area contributed by atoms with E-state index in [1.165, 1.54) is 13.2 Å². The molecule has 1 amide bonds. The van der Waals surface area contributed by atoms with E-state index >= 15 is 0 Å². The number of halogens is 3. The van der Waals surface area contributed by atoms with Gasteiger partial charge in [-0.05, 0) is 36.4 Å². The molecule has 0 saturated carbocycles. The first-order chi connectivity index (χ1) is 11.9. The molecule has 0 unspecified atom stereocenters. The maximum absolute atomic E-state index is 13.7. The predicted molar refractivity (Wildman–Crippen MR) is 81.9 cm³/mol. The fraction of sp³-hybridized carbons (Fsp3) is 0.176. The van der Waals surface area contributed by atoms with Crippen LogP contribution in [0.4, 0.5) is 13.2 Å². The maximum atomic E-state index is 13.7. The van der Waals surface area contributed by atoms with Gasteiger partial charge in [-0.2, -0.15) is 14.0 Å². The van der Waals surface area contributed by atoms with Gasteiger partial charge in [0, 0.05) is 17.7 Å². The standard InChI is InChI=1S/C17H13F3N2O3/c1-24-14-4-2-10(8-21)6-12(14)9-22-16(23)11-3-5-15(13(18)7-11)25-17(19)20/h2-7,17H,9H2,1H3,(H,22,23). The van der Waals surface area contributed by atoms with Crippen molar-refractivity contribution in [3.05, 3.63) is 58.9 Å². The number of methoxy groups -OCH3 is 1. The monoisotopic (exact) mass is 350 g/mol. The largest absolute Gasteiger partial charge is 0.496 e. The third kappa shape index (κ3) is 4.64. The SMILES string of the molecule is COc1ccc(C#N)cc1CNC(=O)c1ccc(OC(F)F)c(F)c1. The molecule has 2 aromatic carbocycles. The number of carbonyl (C=O) groups is 1. The zero-order chi connectivity index (χ0) is 18.4. The summed E-state index contributed by atoms with van der Waals surface area (Å²) in [6.45, 7) is -3.12. The predicted octanol–water partition coefficient (Wildman–Crippen LogP) is 3.24. The van der Waals surface area contributed by atoms with Crippen molar-refractivity contribution in [1.29, 1.82) is 5.26 Å². The number of hydrogen-bond donors (Lipinski definition) is 1. The maximum Gasteiger partial charge on any atom is 0.387 e. The molecule has 2 rings (SSSR count). The highest BCUT2D eigenvalue weighted by atomic mass is 19.3. The topological polar surface area (TPSA) is 71.3 Å². The molecule has 0 aliphatic heterocycles. The smallest absolute Gasteiger partial charge is 0.387 e. The molecule has 0 aliphatic rings. The third-order valence-electron chi connectivity index (χ3n) is 3.26. The van der Waals surface area contributed by atoms with Gasteiger partial charge in [-0.3, -0.25) is 4.79 Å². The highest BCUT2D eigenvalue weighted by molar-refractivity contribution is 5.94. The molecule has 0 bridgehead atoms. The van der Waals surface area contributed by atoms with Gasteiger partial charge in [-0.25, -0.2) is 4.39 Å². The first kappa shape index (κ1) is 18.1. The van der Waals surface area contributed by atoms with Gasteiger partial charge in [0.25, 0.3) is 5.91 Å². The van der Waals surface area contributed by atoms with Crippen molar-refractivity contribution < 1.29 is 27.4 Å². The molecule has 2 aromatic rings. The van der Waals surface area contributed by atoms with Gasteiger partial charge in [-0.1, -0.05) is 0 Å². The Labute approximate surface area is 141 Å². The Morgan fingerprint density at radius 1 is 1.24 bits per heavy atom. The second-order valence-corrected chi connectivity index (χ2v) is 4.84. The van der Waals surface area contributed by atoms with Crippen LogP contribution in [0.15, 0.2) is 36.4 Å². The number of hydrogen-bond acceptors (Lipinski definition) is 4. The van der Waals surface area contributed by atoms with E-state index in [0.717, 1.165) is 12.1 Å². The summed E-state index contributed by atoms with van der Waals surface area (Å²) in [4.78, 5) is 12.1. The molecule has 1 N–H and O–H groups in total. The average Bonchev–Trinajstić information content (AvgIpc) is 2.60. The number of carbonyl (C=O) groups excluding carboxylic acids is 1. The van der Waals surface area contributed by atoms with E-state index in [-0.39, 0.29) is 12.1 Å². The van der Waals surface area contributed by atoms with E-state index in [9.17, 15) is 18.0 Å². The van der Waals surface area contributed by atoms with Gasteiger partial charge < -0.3 is 14.8 Å². The lowest BCUT2D eigenvalue weighted by molar-refractivity contribution is -0.0521. The molecule has 25 heavy (non-hydrogen) atoms. The lowest BCUT2D eigenvalue weighted by Crippen LogP contribution is -2.23. The number of nitrogens with zero attached hydrogens (tertiary/aromatic N) is 1. The summed E-state index contributed by atoms with van der Waals surface area (Å²) in [7, 11) is 1.45. The Morgan fingerprint density at radius 2 is 1.96 bits per heavy atom. The van der Waals surface area contributed by atoms with Gasteiger partial charge >= 0.3 is 6.61 Å². The van der Waals surface area contributed by atoms with Crippen LogP contribution in [0.2, 0.25) is 0 Å². The van der Waals surface area contributed by atoms with Crippen LogP contribution < -0.4 is 14.8 Å². The number of nitriles is 1. The van der Waals surface area contributed by atoms with Gasteiger partial charge in [0.1, 0.15) is 5.75 Å². The minimum atomic E-state index is -3.16. The summed E-state index contributed by atoms with van der Waals surface area (Å²) in [6, 6.07) is 9.61. The van der Waals surface area contributed by atoms with Crippen LogP contribution in [-0.2, 0) is 6.54 Å². The fourth-order valence-electron chi connectivity index (χ4n) is 2.10. The summed E-state index contributed by atoms with van der Waals surface area (Å²) < 4.78 is 47.0. The van der Waals surface area contributed by atoms with E-state index in [1.54, 1.807) is 18.2 Å². The molecule has 8 heteroatoms. The van der Waals surface area contributed by atoms with Crippen LogP contribution in [0.3, 0.4) is 0 Å². The molecule has 0 atom stereocenters. The normalized spacial score (nSPS) is 10.2. The van der Waals surface area contributed by atoms with Crippen molar-refractivity contribution in [2.24, 2.45) is 0 Å². The number of benzene rings is 2. The summed E-state index contributed by atoms with van der Waals surface area (Å²) in [5, 5.41) is 11.5. The van der Waals surface area contributed by atoms with Crippen molar-refractivity contribution in [3.63, 3.8) is 0 Å². The van der Waals surface area contributed by atoms with E-state index in [0.29, 0.717) is 16.9 Å². The average molecular weight is 350 g/mol. The second-order valence-electron chi connectivity index (χ2n) is 4.84. The molecule has 0 aromatic heterocycles. The van der Waals surface area contributed by atoms with Crippen molar-refractivity contribution >= 4 is 5.91 Å². The molecule has 0 spiro atoms. The number of rotatable bonds is 6. The highest BCUT2D eigenvalue weighted by Gasteiger charge is 2.14. The Kier molecular flexibility index (Phi) is 5.84. The van der Waals surface area contributed by atoms with E-state index in [4.69, 9.17) is 10.00 Å². The number of amides is 1. The second kappa shape index (κ2) is 8.06. The van der Waals surface area contributed by atoms with Crippen LogP contribution in [0.1, 0.15) is 21.5 Å². The van der Waals surface area contributed by atoms with Crippen molar-refractivity contribution in [3.8, 4) is 17.6 Å². The minimum absolute atomic E-state index is 0.0361. The minimum Gasteiger partial charge on any atom is -0.496 e. The van der Waals surface area contributed by atoms with Crippen LogP contribution in [0, 0.1) is 17.1 Å². The van der Waals surface area contributed by atoms with Crippen molar-refractivity contribution in [2.75, 3.05) is 7.11 Å². The van der Waals surface area contributed by atoms with Gasteiger partial charge in [0.15, 0.2) is 11.6 Å². The quantitative estimate of drug-likeness (QED) is 0.868. The summed E-state index contributed by atoms with van der Waals surface area (Å²) in [5.74, 6) is -1.86. The van der Waals surface area contributed by atoms with Crippen molar-refractivity contribution in [1.82, 2.24) is 5.32 Å². The molecule has 0 fully saturated rings. The Bertz CT molecular complexity index is 819. The van der Waals surface area contributed by atoms with Crippen LogP contribution in [0.25, 0.3) is 0 Å². The van der Waals surface area contributed by atoms with Gasteiger partial charge in [0.2, 0.25) is 0 Å². The Morgan fingerprint density at radius 3 is 2.56 bits per heavy atom. The first-order valence-electron chi connectivity index (χ1n) is 7.04. The summed E-state index contributed by atoms with van der Waals surface area (Å²) >= 11 is 0. The summed E-state index contributed by atoms with van der Waals surface area (Å²) in [5.41, 5.74) is 0.896. The zero-order valence-electron chi connectivity index (χ0n) is 13.1. The van der Waals surface area contributed by atoms with Gasteiger partial charge in [-0.15, -0.1) is 0 Å². The molecular weight excluding hydrogens is 337 g/mol. The molecule has 0 radical (unpaired) electrons. The number of ether oxygens (including phenoxy) is 2. The highest BCUT2D eigenvalue weighted by Crippen LogP contribution is 2.22. The van der Waals surface area contributed by atoms with Gasteiger partial charge in [0.05, 0.1) is 18.7 Å². The van der Waals surface area contributed by atoms with E-state index in [1.807, 2.05) is 6.07 Å². The number of nitrogens with one attached hydrogen (secondary N) is 1. The third-order valence-corrected chi connectivity index (χ3v) is 3.26. The Hall–Kier alpha value is -3.21. The van der Waals surface area contributed by atoms with E-state index in [2.05, 4.69) is 10.1 Å². The van der Waals surface area contributed by atoms with Crippen LogP contribution in [0.5, 0.6) is 11.5 Å². The summed E-state index contributed by atoms with van der Waals surface area (Å²) in [6.07, 6.45) is 0. The lowest BCUT2D eigenvalue weighted by atomic mass is 10.1.